The highest BCUT2D eigenvalue weighted by atomic mass is 15.2. The number of fused-ring (bicyclic) bond motifs is 1. The van der Waals surface area contributed by atoms with Gasteiger partial charge in [-0.3, -0.25) is 9.88 Å². The fraction of sp³-hybridized carbons (Fsp3) is 0.462. The molecular formula is C13H18N2. The van der Waals surface area contributed by atoms with E-state index in [4.69, 9.17) is 0 Å². The number of pyridine rings is 1. The maximum atomic E-state index is 4.49. The van der Waals surface area contributed by atoms with E-state index in [-0.39, 0.29) is 0 Å². The molecule has 2 heteroatoms. The lowest BCUT2D eigenvalue weighted by Gasteiger charge is -2.30. The zero-order valence-corrected chi connectivity index (χ0v) is 9.64. The second-order valence-electron chi connectivity index (χ2n) is 4.21. The summed E-state index contributed by atoms with van der Waals surface area (Å²) in [6, 6.07) is 5.05. The summed E-state index contributed by atoms with van der Waals surface area (Å²) in [4.78, 5) is 6.94. The molecule has 80 valence electrons. The quantitative estimate of drug-likeness (QED) is 0.749. The first kappa shape index (κ1) is 10.4. The highest BCUT2D eigenvalue weighted by molar-refractivity contribution is 5.59. The molecule has 15 heavy (non-hydrogen) atoms. The van der Waals surface area contributed by atoms with Crippen LogP contribution in [0.2, 0.25) is 0 Å². The normalized spacial score (nSPS) is 18.9. The minimum Gasteiger partial charge on any atom is -0.289 e. The van der Waals surface area contributed by atoms with Crippen LogP contribution in [0.25, 0.3) is 6.08 Å². The van der Waals surface area contributed by atoms with E-state index in [9.17, 15) is 0 Å². The van der Waals surface area contributed by atoms with Crippen LogP contribution < -0.4 is 0 Å². The molecule has 1 unspecified atom stereocenters. The Bertz CT molecular complexity index is 369. The van der Waals surface area contributed by atoms with Crippen molar-refractivity contribution in [2.75, 3.05) is 6.54 Å². The van der Waals surface area contributed by atoms with E-state index < -0.39 is 0 Å². The molecule has 0 fully saturated rings. The molecule has 0 N–H and O–H groups in total. The van der Waals surface area contributed by atoms with Crippen molar-refractivity contribution in [2.45, 2.75) is 32.9 Å². The first-order chi connectivity index (χ1) is 7.24. The first-order valence-electron chi connectivity index (χ1n) is 5.63. The van der Waals surface area contributed by atoms with E-state index in [1.165, 1.54) is 11.3 Å². The maximum Gasteiger partial charge on any atom is 0.0717 e. The predicted octanol–water partition coefficient (Wildman–Crippen LogP) is 2.88. The van der Waals surface area contributed by atoms with Crippen LogP contribution in [-0.2, 0) is 0 Å². The molecule has 2 rings (SSSR count). The Morgan fingerprint density at radius 1 is 1.47 bits per heavy atom. The topological polar surface area (TPSA) is 16.1 Å². The Labute approximate surface area is 91.6 Å². The largest absolute Gasteiger partial charge is 0.289 e. The molecular weight excluding hydrogens is 184 g/mol. The third-order valence-corrected chi connectivity index (χ3v) is 3.00. The van der Waals surface area contributed by atoms with Crippen molar-refractivity contribution in [3.05, 3.63) is 35.7 Å². The van der Waals surface area contributed by atoms with Gasteiger partial charge in [-0.05, 0) is 32.0 Å². The van der Waals surface area contributed by atoms with Crippen molar-refractivity contribution in [2.24, 2.45) is 0 Å². The Morgan fingerprint density at radius 3 is 2.93 bits per heavy atom. The highest BCUT2D eigenvalue weighted by Gasteiger charge is 2.25. The van der Waals surface area contributed by atoms with Gasteiger partial charge in [0.05, 0.1) is 11.7 Å². The predicted molar refractivity (Wildman–Crippen MR) is 63.5 cm³/mol. The van der Waals surface area contributed by atoms with Gasteiger partial charge in [0.1, 0.15) is 0 Å². The summed E-state index contributed by atoms with van der Waals surface area (Å²) in [6.07, 6.45) is 6.31. The van der Waals surface area contributed by atoms with Gasteiger partial charge in [-0.15, -0.1) is 0 Å². The number of rotatable bonds is 3. The van der Waals surface area contributed by atoms with Crippen molar-refractivity contribution in [3.63, 3.8) is 0 Å². The number of likely N-dealkylation sites (N-methyl/N-ethyl adjacent to an activating group) is 1. The van der Waals surface area contributed by atoms with Crippen LogP contribution in [0, 0.1) is 0 Å². The van der Waals surface area contributed by atoms with E-state index in [0.29, 0.717) is 12.1 Å². The van der Waals surface area contributed by atoms with Crippen LogP contribution in [0.1, 0.15) is 38.1 Å². The van der Waals surface area contributed by atoms with E-state index in [0.717, 1.165) is 6.54 Å². The van der Waals surface area contributed by atoms with Gasteiger partial charge < -0.3 is 0 Å². The third-order valence-electron chi connectivity index (χ3n) is 3.00. The minimum absolute atomic E-state index is 0.367. The number of nitrogens with zero attached hydrogens (tertiary/aromatic N) is 2. The Morgan fingerprint density at radius 2 is 2.27 bits per heavy atom. The van der Waals surface area contributed by atoms with Gasteiger partial charge >= 0.3 is 0 Å². The summed E-state index contributed by atoms with van der Waals surface area (Å²) in [5.41, 5.74) is 2.47. The molecule has 0 aliphatic heterocycles. The first-order valence-corrected chi connectivity index (χ1v) is 5.63. The van der Waals surface area contributed by atoms with Gasteiger partial charge in [0.2, 0.25) is 0 Å². The van der Waals surface area contributed by atoms with E-state index >= 15 is 0 Å². The molecule has 1 heterocycles. The second kappa shape index (κ2) is 4.15. The van der Waals surface area contributed by atoms with Crippen LogP contribution in [-0.4, -0.2) is 22.5 Å². The molecule has 1 aliphatic rings. The molecule has 0 amide bonds. The lowest BCUT2D eigenvalue weighted by atomic mass is 10.1. The van der Waals surface area contributed by atoms with Crippen molar-refractivity contribution in [1.29, 1.82) is 0 Å². The van der Waals surface area contributed by atoms with Crippen LogP contribution in [0.3, 0.4) is 0 Å². The fourth-order valence-electron chi connectivity index (χ4n) is 2.25. The lowest BCUT2D eigenvalue weighted by Crippen LogP contribution is -2.33. The number of hydrogen-bond donors (Lipinski definition) is 0. The summed E-state index contributed by atoms with van der Waals surface area (Å²) < 4.78 is 0. The average molecular weight is 202 g/mol. The summed E-state index contributed by atoms with van der Waals surface area (Å²) in [7, 11) is 0. The Hall–Kier alpha value is -1.15. The van der Waals surface area contributed by atoms with Gasteiger partial charge in [0, 0.05) is 12.2 Å². The highest BCUT2D eigenvalue weighted by Crippen LogP contribution is 2.31. The van der Waals surface area contributed by atoms with Crippen LogP contribution in [0.15, 0.2) is 24.4 Å². The third kappa shape index (κ3) is 1.82. The number of aromatic nitrogens is 1. The van der Waals surface area contributed by atoms with E-state index in [2.05, 4.69) is 48.9 Å². The molecule has 1 aromatic rings. The zero-order valence-electron chi connectivity index (χ0n) is 9.64. The van der Waals surface area contributed by atoms with Crippen LogP contribution in [0.5, 0.6) is 0 Å². The molecule has 0 saturated carbocycles. The second-order valence-corrected chi connectivity index (χ2v) is 4.21. The van der Waals surface area contributed by atoms with Crippen molar-refractivity contribution >= 4 is 6.08 Å². The van der Waals surface area contributed by atoms with Gasteiger partial charge in [-0.25, -0.2) is 0 Å². The standard InChI is InChI=1S/C13H18N2/c1-4-15(10(2)3)12-8-7-11-6-5-9-14-13(11)12/h5-10,12H,4H2,1-3H3. The van der Waals surface area contributed by atoms with Crippen molar-refractivity contribution in [3.8, 4) is 0 Å². The molecule has 0 radical (unpaired) electrons. The van der Waals surface area contributed by atoms with Gasteiger partial charge in [0.15, 0.2) is 0 Å². The molecule has 0 spiro atoms. The summed E-state index contributed by atoms with van der Waals surface area (Å²) in [5, 5.41) is 0. The van der Waals surface area contributed by atoms with Gasteiger partial charge in [-0.1, -0.05) is 25.1 Å². The Kier molecular flexibility index (Phi) is 2.87. The van der Waals surface area contributed by atoms with Crippen molar-refractivity contribution < 1.29 is 0 Å². The van der Waals surface area contributed by atoms with Crippen LogP contribution >= 0.6 is 0 Å². The molecule has 1 aromatic heterocycles. The molecule has 1 atom stereocenters. The summed E-state index contributed by atoms with van der Waals surface area (Å²) in [6.45, 7) is 7.73. The fourth-order valence-corrected chi connectivity index (χ4v) is 2.25. The summed E-state index contributed by atoms with van der Waals surface area (Å²) >= 11 is 0. The van der Waals surface area contributed by atoms with Gasteiger partial charge in [0.25, 0.3) is 0 Å². The summed E-state index contributed by atoms with van der Waals surface area (Å²) in [5.74, 6) is 0. The SMILES string of the molecule is CCN(C(C)C)C1C=Cc2cccnc21. The molecule has 0 bridgehead atoms. The number of hydrogen-bond acceptors (Lipinski definition) is 2. The monoisotopic (exact) mass is 202 g/mol. The van der Waals surface area contributed by atoms with E-state index in [1.54, 1.807) is 0 Å². The van der Waals surface area contributed by atoms with Crippen molar-refractivity contribution in [1.82, 2.24) is 9.88 Å². The molecule has 0 saturated heterocycles. The smallest absolute Gasteiger partial charge is 0.0717 e. The average Bonchev–Trinajstić information content (AvgIpc) is 2.63. The maximum absolute atomic E-state index is 4.49. The molecule has 2 nitrogen and oxygen atoms in total. The van der Waals surface area contributed by atoms with Gasteiger partial charge in [-0.2, -0.15) is 0 Å². The Balaban J connectivity index is 2.30. The van der Waals surface area contributed by atoms with Crippen LogP contribution in [0.4, 0.5) is 0 Å². The molecule has 0 aromatic carbocycles. The molecule has 1 aliphatic carbocycles. The van der Waals surface area contributed by atoms with E-state index in [1.807, 2.05) is 12.3 Å². The zero-order chi connectivity index (χ0) is 10.8. The minimum atomic E-state index is 0.367. The lowest BCUT2D eigenvalue weighted by molar-refractivity contribution is 0.192.